The predicted octanol–water partition coefficient (Wildman–Crippen LogP) is 6.04. The van der Waals surface area contributed by atoms with Crippen molar-refractivity contribution >= 4 is 17.6 Å². The summed E-state index contributed by atoms with van der Waals surface area (Å²) in [6.45, 7) is 0.516. The molecule has 5 nitrogen and oxygen atoms in total. The van der Waals surface area contributed by atoms with Gasteiger partial charge in [-0.15, -0.1) is 0 Å². The van der Waals surface area contributed by atoms with Crippen molar-refractivity contribution in [2.45, 2.75) is 75.4 Å². The average molecular weight is 499 g/mol. The van der Waals surface area contributed by atoms with Crippen LogP contribution >= 0.6 is 11.6 Å². The Labute approximate surface area is 198 Å². The van der Waals surface area contributed by atoms with Crippen molar-refractivity contribution in [3.8, 4) is 5.88 Å². The van der Waals surface area contributed by atoms with Crippen molar-refractivity contribution in [3.63, 3.8) is 0 Å². The number of carbonyl (C=O) groups is 1. The van der Waals surface area contributed by atoms with Crippen molar-refractivity contribution in [1.29, 1.82) is 0 Å². The van der Waals surface area contributed by atoms with Crippen molar-refractivity contribution in [3.05, 3.63) is 57.5 Å². The van der Waals surface area contributed by atoms with Crippen LogP contribution in [0.1, 0.15) is 71.5 Å². The second kappa shape index (κ2) is 8.68. The summed E-state index contributed by atoms with van der Waals surface area (Å²) in [6, 6.07) is 3.97. The summed E-state index contributed by atoms with van der Waals surface area (Å²) in [5, 5.41) is 8.82. The van der Waals surface area contributed by atoms with E-state index in [2.05, 4.69) is 9.88 Å². The lowest BCUT2D eigenvalue weighted by Crippen LogP contribution is -2.46. The summed E-state index contributed by atoms with van der Waals surface area (Å²) in [5.41, 5.74) is 0.450. The highest BCUT2D eigenvalue weighted by Gasteiger charge is 2.43. The highest BCUT2D eigenvalue weighted by Crippen LogP contribution is 2.45. The number of halogens is 5. The number of piperidine rings is 1. The Morgan fingerprint density at radius 3 is 2.41 bits per heavy atom. The van der Waals surface area contributed by atoms with Gasteiger partial charge >= 0.3 is 12.1 Å². The van der Waals surface area contributed by atoms with E-state index < -0.39 is 28.5 Å². The number of ether oxygens (including phenoxy) is 1. The SMILES string of the molecule is O=C(O)c1cc(C2CC2)c(CN2C3CCC2CC(Oc2cc(C(F)(F)F)c(Cl)cn2)C3)cc1F. The molecule has 1 aromatic heterocycles. The van der Waals surface area contributed by atoms with Crippen LogP contribution in [-0.2, 0) is 12.7 Å². The third-order valence-electron chi connectivity index (χ3n) is 7.09. The number of hydrogen-bond acceptors (Lipinski definition) is 4. The summed E-state index contributed by atoms with van der Waals surface area (Å²) >= 11 is 5.65. The van der Waals surface area contributed by atoms with Crippen LogP contribution < -0.4 is 4.74 Å². The van der Waals surface area contributed by atoms with E-state index in [-0.39, 0.29) is 35.5 Å². The van der Waals surface area contributed by atoms with E-state index in [0.717, 1.165) is 49.1 Å². The van der Waals surface area contributed by atoms with Crippen LogP contribution in [0.4, 0.5) is 17.6 Å². The summed E-state index contributed by atoms with van der Waals surface area (Å²) in [6.07, 6.45) is 1.10. The number of aromatic nitrogens is 1. The second-order valence-electron chi connectivity index (χ2n) is 9.38. The number of fused-ring (bicyclic) bond motifs is 2. The maximum atomic E-state index is 14.5. The molecule has 3 heterocycles. The van der Waals surface area contributed by atoms with Crippen LogP contribution in [0.25, 0.3) is 0 Å². The highest BCUT2D eigenvalue weighted by molar-refractivity contribution is 6.31. The molecule has 0 spiro atoms. The zero-order chi connectivity index (χ0) is 24.2. The summed E-state index contributed by atoms with van der Waals surface area (Å²) < 4.78 is 59.8. The Morgan fingerprint density at radius 1 is 1.15 bits per heavy atom. The van der Waals surface area contributed by atoms with Crippen LogP contribution in [0.3, 0.4) is 0 Å². The molecule has 1 aromatic carbocycles. The molecule has 2 atom stereocenters. The standard InChI is InChI=1S/C24H23ClF4N2O3/c25-20-10-30-22(9-19(20)24(27,28)29)34-16-6-14-3-4-15(7-16)31(14)11-13-5-21(26)18(23(32)33)8-17(13)12-1-2-12/h5,8-10,12,14-16H,1-4,6-7,11H2,(H,32,33). The Balaban J connectivity index is 1.31. The minimum absolute atomic E-state index is 0.100. The molecule has 1 N–H and O–H groups in total. The van der Waals surface area contributed by atoms with Gasteiger partial charge in [-0.2, -0.15) is 13.2 Å². The topological polar surface area (TPSA) is 62.7 Å². The fourth-order valence-corrected chi connectivity index (χ4v) is 5.56. The van der Waals surface area contributed by atoms with E-state index >= 15 is 0 Å². The molecule has 2 unspecified atom stereocenters. The quantitative estimate of drug-likeness (QED) is 0.492. The fraction of sp³-hybridized carbons (Fsp3) is 0.500. The third kappa shape index (κ3) is 4.60. The smallest absolute Gasteiger partial charge is 0.418 e. The summed E-state index contributed by atoms with van der Waals surface area (Å²) in [4.78, 5) is 17.6. The zero-order valence-electron chi connectivity index (χ0n) is 18.1. The highest BCUT2D eigenvalue weighted by atomic mass is 35.5. The molecule has 34 heavy (non-hydrogen) atoms. The largest absolute Gasteiger partial charge is 0.478 e. The van der Waals surface area contributed by atoms with E-state index in [1.165, 1.54) is 12.1 Å². The number of alkyl halides is 3. The van der Waals surface area contributed by atoms with E-state index in [4.69, 9.17) is 16.3 Å². The van der Waals surface area contributed by atoms with Crippen LogP contribution in [0.5, 0.6) is 5.88 Å². The van der Waals surface area contributed by atoms with E-state index in [0.29, 0.717) is 19.4 Å². The Bertz CT molecular complexity index is 1110. The number of nitrogens with zero attached hydrogens (tertiary/aromatic N) is 2. The number of benzene rings is 1. The molecule has 182 valence electrons. The van der Waals surface area contributed by atoms with Gasteiger partial charge in [0.1, 0.15) is 11.9 Å². The first-order valence-electron chi connectivity index (χ1n) is 11.3. The molecule has 2 aromatic rings. The molecule has 1 aliphatic carbocycles. The molecule has 3 aliphatic rings. The second-order valence-corrected chi connectivity index (χ2v) is 9.79. The molecule has 0 radical (unpaired) electrons. The number of carboxylic acid groups (broad SMARTS) is 1. The minimum Gasteiger partial charge on any atom is -0.478 e. The number of hydrogen-bond donors (Lipinski definition) is 1. The van der Waals surface area contributed by atoms with Gasteiger partial charge in [-0.1, -0.05) is 11.6 Å². The molecular formula is C24H23ClF4N2O3. The van der Waals surface area contributed by atoms with Gasteiger partial charge in [0.2, 0.25) is 5.88 Å². The summed E-state index contributed by atoms with van der Waals surface area (Å²) in [7, 11) is 0. The fourth-order valence-electron chi connectivity index (χ4n) is 5.35. The van der Waals surface area contributed by atoms with Crippen LogP contribution in [0.2, 0.25) is 5.02 Å². The Morgan fingerprint density at radius 2 is 1.82 bits per heavy atom. The zero-order valence-corrected chi connectivity index (χ0v) is 18.9. The summed E-state index contributed by atoms with van der Waals surface area (Å²) in [5.74, 6) is -1.83. The molecule has 10 heteroatoms. The molecule has 5 rings (SSSR count). The van der Waals surface area contributed by atoms with Crippen molar-refractivity contribution < 1.29 is 32.2 Å². The lowest BCUT2D eigenvalue weighted by molar-refractivity contribution is -0.137. The van der Waals surface area contributed by atoms with Gasteiger partial charge in [-0.05, 0) is 67.7 Å². The van der Waals surface area contributed by atoms with E-state index in [1.54, 1.807) is 0 Å². The first-order chi connectivity index (χ1) is 16.1. The number of pyridine rings is 1. The Kier molecular flexibility index (Phi) is 5.96. The maximum absolute atomic E-state index is 14.5. The van der Waals surface area contributed by atoms with Gasteiger partial charge in [0.25, 0.3) is 0 Å². The first-order valence-corrected chi connectivity index (χ1v) is 11.7. The van der Waals surface area contributed by atoms with Gasteiger partial charge in [0.15, 0.2) is 0 Å². The molecule has 1 saturated carbocycles. The van der Waals surface area contributed by atoms with Gasteiger partial charge in [0, 0.05) is 24.7 Å². The monoisotopic (exact) mass is 498 g/mol. The molecule has 2 bridgehead atoms. The van der Waals surface area contributed by atoms with Crippen LogP contribution in [-0.4, -0.2) is 39.1 Å². The lowest BCUT2D eigenvalue weighted by atomic mass is 9.95. The van der Waals surface area contributed by atoms with Crippen molar-refractivity contribution in [2.75, 3.05) is 0 Å². The van der Waals surface area contributed by atoms with Gasteiger partial charge < -0.3 is 9.84 Å². The lowest BCUT2D eigenvalue weighted by Gasteiger charge is -2.39. The van der Waals surface area contributed by atoms with Crippen LogP contribution in [0.15, 0.2) is 24.4 Å². The van der Waals surface area contributed by atoms with Gasteiger partial charge in [-0.25, -0.2) is 14.2 Å². The van der Waals surface area contributed by atoms with E-state index in [1.807, 2.05) is 0 Å². The Hall–Kier alpha value is -2.39. The van der Waals surface area contributed by atoms with Crippen molar-refractivity contribution in [2.24, 2.45) is 0 Å². The maximum Gasteiger partial charge on any atom is 0.418 e. The molecule has 2 saturated heterocycles. The van der Waals surface area contributed by atoms with E-state index in [9.17, 15) is 27.5 Å². The first kappa shape index (κ1) is 23.4. The normalized spacial score (nSPS) is 24.9. The molecular weight excluding hydrogens is 476 g/mol. The van der Waals surface area contributed by atoms with Crippen LogP contribution in [0, 0.1) is 5.82 Å². The van der Waals surface area contributed by atoms with Gasteiger partial charge in [-0.3, -0.25) is 4.90 Å². The predicted molar refractivity (Wildman–Crippen MR) is 116 cm³/mol. The number of aromatic carboxylic acids is 1. The third-order valence-corrected chi connectivity index (χ3v) is 7.39. The molecule has 3 fully saturated rings. The number of carboxylic acids is 1. The molecule has 2 aliphatic heterocycles. The minimum atomic E-state index is -4.59. The number of rotatable bonds is 6. The average Bonchev–Trinajstić information content (AvgIpc) is 3.56. The van der Waals surface area contributed by atoms with Gasteiger partial charge in [0.05, 0.1) is 22.3 Å². The molecule has 0 amide bonds. The van der Waals surface area contributed by atoms with Crippen molar-refractivity contribution in [1.82, 2.24) is 9.88 Å².